The third-order valence-corrected chi connectivity index (χ3v) is 7.52. The molecule has 3 rings (SSSR count). The van der Waals surface area contributed by atoms with Gasteiger partial charge in [0.1, 0.15) is 9.96 Å². The molecule has 0 saturated carbocycles. The number of hydrogen-bond donors (Lipinski definition) is 0. The summed E-state index contributed by atoms with van der Waals surface area (Å²) in [5.74, 6) is 0.485. The monoisotopic (exact) mass is 394 g/mol. The quantitative estimate of drug-likeness (QED) is 0.781. The van der Waals surface area contributed by atoms with Gasteiger partial charge in [0, 0.05) is 26.2 Å². The van der Waals surface area contributed by atoms with Crippen LogP contribution in [0.15, 0.2) is 52.1 Å². The van der Waals surface area contributed by atoms with E-state index < -0.39 is 15.6 Å². The fourth-order valence-corrected chi connectivity index (χ4v) is 5.44. The summed E-state index contributed by atoms with van der Waals surface area (Å²) in [6.45, 7) is 4.74. The zero-order valence-electron chi connectivity index (χ0n) is 14.8. The Morgan fingerprint density at radius 1 is 1.04 bits per heavy atom. The summed E-state index contributed by atoms with van der Waals surface area (Å²) in [4.78, 5) is 14.5. The van der Waals surface area contributed by atoms with Crippen molar-refractivity contribution in [1.82, 2.24) is 9.21 Å². The fraction of sp³-hybridized carbons (Fsp3) is 0.389. The lowest BCUT2D eigenvalue weighted by molar-refractivity contribution is -0.146. The van der Waals surface area contributed by atoms with Gasteiger partial charge in [0.25, 0.3) is 15.9 Å². The van der Waals surface area contributed by atoms with Crippen LogP contribution < -0.4 is 4.74 Å². The fourth-order valence-electron chi connectivity index (χ4n) is 2.88. The van der Waals surface area contributed by atoms with Crippen molar-refractivity contribution in [2.24, 2.45) is 0 Å². The molecule has 8 heteroatoms. The van der Waals surface area contributed by atoms with Crippen molar-refractivity contribution in [1.29, 1.82) is 0 Å². The molecule has 1 amide bonds. The molecule has 26 heavy (non-hydrogen) atoms. The Kier molecular flexibility index (Phi) is 5.36. The first-order chi connectivity index (χ1) is 12.3. The molecule has 0 N–H and O–H groups in total. The van der Waals surface area contributed by atoms with Crippen LogP contribution in [-0.4, -0.2) is 55.3 Å². The van der Waals surface area contributed by atoms with Crippen molar-refractivity contribution in [3.8, 4) is 5.75 Å². The lowest BCUT2D eigenvalue weighted by Crippen LogP contribution is -2.56. The number of nitrogens with zero attached hydrogens (tertiary/aromatic N) is 2. The minimum absolute atomic E-state index is 0.144. The molecule has 2 heterocycles. The van der Waals surface area contributed by atoms with Gasteiger partial charge in [-0.2, -0.15) is 4.31 Å². The molecule has 1 fully saturated rings. The first-order valence-corrected chi connectivity index (χ1v) is 10.7. The highest BCUT2D eigenvalue weighted by Gasteiger charge is 2.37. The third kappa shape index (κ3) is 3.92. The Hall–Kier alpha value is -1.90. The Bertz CT molecular complexity index is 841. The smallest absolute Gasteiger partial charge is 0.266 e. The predicted octanol–water partition coefficient (Wildman–Crippen LogP) is 2.44. The molecule has 0 atom stereocenters. The van der Waals surface area contributed by atoms with E-state index >= 15 is 0 Å². The number of thiophene rings is 1. The SMILES string of the molecule is CC(C)(Oc1ccccc1)C(=O)N1CCN(S(=O)(=O)c2cccs2)CC1. The minimum Gasteiger partial charge on any atom is -0.478 e. The van der Waals surface area contributed by atoms with Gasteiger partial charge in [0.05, 0.1) is 0 Å². The number of amides is 1. The summed E-state index contributed by atoms with van der Waals surface area (Å²) >= 11 is 1.21. The minimum atomic E-state index is -3.47. The maximum Gasteiger partial charge on any atom is 0.266 e. The van der Waals surface area contributed by atoms with E-state index in [1.807, 2.05) is 18.2 Å². The van der Waals surface area contributed by atoms with E-state index in [0.29, 0.717) is 23.0 Å². The van der Waals surface area contributed by atoms with Crippen molar-refractivity contribution in [2.45, 2.75) is 23.7 Å². The molecule has 1 aliphatic heterocycles. The van der Waals surface area contributed by atoms with E-state index in [4.69, 9.17) is 4.74 Å². The van der Waals surface area contributed by atoms with Crippen LogP contribution in [-0.2, 0) is 14.8 Å². The second-order valence-electron chi connectivity index (χ2n) is 6.55. The van der Waals surface area contributed by atoms with Gasteiger partial charge in [-0.05, 0) is 37.4 Å². The van der Waals surface area contributed by atoms with Gasteiger partial charge in [-0.15, -0.1) is 11.3 Å². The summed E-state index contributed by atoms with van der Waals surface area (Å²) in [6.07, 6.45) is 0. The molecule has 0 spiro atoms. The Morgan fingerprint density at radius 2 is 1.69 bits per heavy atom. The predicted molar refractivity (Wildman–Crippen MR) is 101 cm³/mol. The van der Waals surface area contributed by atoms with E-state index in [1.165, 1.54) is 15.6 Å². The van der Waals surface area contributed by atoms with E-state index in [1.54, 1.807) is 48.4 Å². The second-order valence-corrected chi connectivity index (χ2v) is 9.67. The molecular weight excluding hydrogens is 372 g/mol. The average Bonchev–Trinajstić information content (AvgIpc) is 3.17. The van der Waals surface area contributed by atoms with Crippen molar-refractivity contribution < 1.29 is 17.9 Å². The molecule has 0 unspecified atom stereocenters. The Morgan fingerprint density at radius 3 is 2.27 bits per heavy atom. The maximum absolute atomic E-state index is 12.8. The zero-order valence-corrected chi connectivity index (χ0v) is 16.4. The summed E-state index contributed by atoms with van der Waals surface area (Å²) in [5, 5.41) is 1.75. The number of carbonyl (C=O) groups excluding carboxylic acids is 1. The summed E-state index contributed by atoms with van der Waals surface area (Å²) in [5.41, 5.74) is -1.02. The Labute approximate surface area is 158 Å². The highest BCUT2D eigenvalue weighted by atomic mass is 32.2. The van der Waals surface area contributed by atoms with Gasteiger partial charge in [-0.25, -0.2) is 8.42 Å². The Balaban J connectivity index is 1.63. The van der Waals surface area contributed by atoms with Crippen LogP contribution in [0, 0.1) is 0 Å². The first-order valence-electron chi connectivity index (χ1n) is 8.38. The molecule has 1 saturated heterocycles. The first kappa shape index (κ1) is 18.9. The summed E-state index contributed by atoms with van der Waals surface area (Å²) < 4.78 is 32.8. The molecule has 6 nitrogen and oxygen atoms in total. The molecule has 140 valence electrons. The number of ether oxygens (including phenoxy) is 1. The number of hydrogen-bond acceptors (Lipinski definition) is 5. The number of piperazine rings is 1. The highest BCUT2D eigenvalue weighted by Crippen LogP contribution is 2.24. The molecule has 0 bridgehead atoms. The van der Waals surface area contributed by atoms with Crippen molar-refractivity contribution in [3.05, 3.63) is 47.8 Å². The van der Waals surface area contributed by atoms with Gasteiger partial charge in [-0.1, -0.05) is 24.3 Å². The number of para-hydroxylation sites is 1. The number of rotatable bonds is 5. The van der Waals surface area contributed by atoms with Crippen molar-refractivity contribution in [2.75, 3.05) is 26.2 Å². The van der Waals surface area contributed by atoms with Gasteiger partial charge >= 0.3 is 0 Å². The molecule has 1 aliphatic rings. The summed E-state index contributed by atoms with van der Waals surface area (Å²) in [7, 11) is -3.47. The molecule has 0 radical (unpaired) electrons. The molecular formula is C18H22N2O4S2. The maximum atomic E-state index is 12.8. The third-order valence-electron chi connectivity index (χ3n) is 4.25. The number of benzene rings is 1. The normalized spacial score (nSPS) is 16.5. The van der Waals surface area contributed by atoms with Crippen molar-refractivity contribution in [3.63, 3.8) is 0 Å². The number of carbonyl (C=O) groups is 1. The second kappa shape index (κ2) is 7.38. The standard InChI is InChI=1S/C18H22N2O4S2/c1-18(2,24-15-7-4-3-5-8-15)17(21)19-10-12-20(13-11-19)26(22,23)16-9-6-14-25-16/h3-9,14H,10-13H2,1-2H3. The van der Waals surface area contributed by atoms with Crippen LogP contribution in [0.1, 0.15) is 13.8 Å². The molecule has 0 aliphatic carbocycles. The lowest BCUT2D eigenvalue weighted by atomic mass is 10.1. The van der Waals surface area contributed by atoms with E-state index in [0.717, 1.165) is 0 Å². The van der Waals surface area contributed by atoms with Crippen LogP contribution in [0.2, 0.25) is 0 Å². The van der Waals surface area contributed by atoms with Gasteiger partial charge in [0.2, 0.25) is 0 Å². The van der Waals surface area contributed by atoms with Gasteiger partial charge in [-0.3, -0.25) is 4.79 Å². The lowest BCUT2D eigenvalue weighted by Gasteiger charge is -2.37. The molecule has 2 aromatic rings. The van der Waals surface area contributed by atoms with Crippen LogP contribution in [0.25, 0.3) is 0 Å². The number of sulfonamides is 1. The zero-order chi connectivity index (χ0) is 18.8. The van der Waals surface area contributed by atoms with Crippen LogP contribution in [0.4, 0.5) is 0 Å². The van der Waals surface area contributed by atoms with Crippen molar-refractivity contribution >= 4 is 27.3 Å². The van der Waals surface area contributed by atoms with E-state index in [-0.39, 0.29) is 19.0 Å². The van der Waals surface area contributed by atoms with E-state index in [9.17, 15) is 13.2 Å². The molecule has 1 aromatic heterocycles. The average molecular weight is 395 g/mol. The highest BCUT2D eigenvalue weighted by molar-refractivity contribution is 7.91. The van der Waals surface area contributed by atoms with Crippen LogP contribution >= 0.6 is 11.3 Å². The van der Waals surface area contributed by atoms with E-state index in [2.05, 4.69) is 0 Å². The largest absolute Gasteiger partial charge is 0.478 e. The van der Waals surface area contributed by atoms with Crippen LogP contribution in [0.5, 0.6) is 5.75 Å². The summed E-state index contributed by atoms with van der Waals surface area (Å²) in [6, 6.07) is 12.5. The van der Waals surface area contributed by atoms with Crippen LogP contribution in [0.3, 0.4) is 0 Å². The topological polar surface area (TPSA) is 66.9 Å². The van der Waals surface area contributed by atoms with Gasteiger partial charge < -0.3 is 9.64 Å². The molecule has 1 aromatic carbocycles. The van der Waals surface area contributed by atoms with Gasteiger partial charge in [0.15, 0.2) is 5.60 Å².